The van der Waals surface area contributed by atoms with Crippen LogP contribution in [0.3, 0.4) is 0 Å². The van der Waals surface area contributed by atoms with Gasteiger partial charge in [0, 0.05) is 22.3 Å². The number of hydrogen-bond donors (Lipinski definition) is 1. The lowest BCUT2D eigenvalue weighted by Crippen LogP contribution is -1.99. The summed E-state index contributed by atoms with van der Waals surface area (Å²) in [4.78, 5) is 9.83. The first-order chi connectivity index (χ1) is 12.6. The number of anilines is 1. The molecule has 0 fully saturated rings. The second kappa shape index (κ2) is 7.09. The Balaban J connectivity index is 1.62. The van der Waals surface area contributed by atoms with Crippen molar-refractivity contribution in [3.05, 3.63) is 63.1 Å². The molecule has 0 aliphatic rings. The number of rotatable bonds is 5. The summed E-state index contributed by atoms with van der Waals surface area (Å²) in [5.74, 6) is 0.636. The van der Waals surface area contributed by atoms with Crippen molar-refractivity contribution in [3.63, 3.8) is 0 Å². The minimum Gasteiger partial charge on any atom is -0.436 e. The van der Waals surface area contributed by atoms with E-state index in [1.165, 1.54) is 16.9 Å². The normalized spacial score (nSPS) is 11.2. The molecule has 4 nitrogen and oxygen atoms in total. The van der Waals surface area contributed by atoms with Crippen LogP contribution in [-0.4, -0.2) is 9.97 Å². The summed E-state index contributed by atoms with van der Waals surface area (Å²) >= 11 is 7.38. The van der Waals surface area contributed by atoms with E-state index in [0.717, 1.165) is 39.2 Å². The van der Waals surface area contributed by atoms with Gasteiger partial charge in [0.1, 0.15) is 5.52 Å². The lowest BCUT2D eigenvalue weighted by atomic mass is 10.1. The molecule has 0 saturated carbocycles. The number of thiazole rings is 1. The van der Waals surface area contributed by atoms with Crippen molar-refractivity contribution in [2.75, 3.05) is 5.32 Å². The molecule has 0 unspecified atom stereocenters. The molecule has 0 bridgehead atoms. The third-order valence-electron chi connectivity index (χ3n) is 4.32. The van der Waals surface area contributed by atoms with Crippen molar-refractivity contribution in [3.8, 4) is 11.5 Å². The fraction of sp³-hybridized carbons (Fsp3) is 0.200. The van der Waals surface area contributed by atoms with Gasteiger partial charge in [0.05, 0.1) is 6.54 Å². The Morgan fingerprint density at radius 2 is 2.08 bits per heavy atom. The molecule has 0 radical (unpaired) electrons. The summed E-state index contributed by atoms with van der Waals surface area (Å²) in [7, 11) is 0. The maximum atomic E-state index is 5.95. The highest BCUT2D eigenvalue weighted by molar-refractivity contribution is 7.15. The third kappa shape index (κ3) is 3.45. The summed E-state index contributed by atoms with van der Waals surface area (Å²) in [5.41, 5.74) is 6.12. The van der Waals surface area contributed by atoms with Crippen molar-refractivity contribution in [2.45, 2.75) is 26.8 Å². The number of nitrogens with one attached hydrogen (secondary N) is 1. The summed E-state index contributed by atoms with van der Waals surface area (Å²) in [6.45, 7) is 4.89. The van der Waals surface area contributed by atoms with Gasteiger partial charge in [0.15, 0.2) is 10.0 Å². The van der Waals surface area contributed by atoms with E-state index in [4.69, 9.17) is 16.0 Å². The van der Waals surface area contributed by atoms with E-state index in [0.29, 0.717) is 16.9 Å². The second-order valence-electron chi connectivity index (χ2n) is 6.14. The summed E-state index contributed by atoms with van der Waals surface area (Å²) < 4.78 is 6.51. The van der Waals surface area contributed by atoms with Gasteiger partial charge in [-0.1, -0.05) is 30.7 Å². The van der Waals surface area contributed by atoms with E-state index >= 15 is 0 Å². The number of halogens is 1. The zero-order valence-electron chi connectivity index (χ0n) is 14.5. The zero-order chi connectivity index (χ0) is 18.1. The molecule has 1 N–H and O–H groups in total. The highest BCUT2D eigenvalue weighted by atomic mass is 35.5. The largest absolute Gasteiger partial charge is 0.436 e. The number of oxazole rings is 1. The minimum atomic E-state index is 0.560. The van der Waals surface area contributed by atoms with Crippen molar-refractivity contribution in [1.29, 1.82) is 0 Å². The van der Waals surface area contributed by atoms with Crippen LogP contribution in [0, 0.1) is 6.92 Å². The van der Waals surface area contributed by atoms with Crippen LogP contribution < -0.4 is 5.32 Å². The molecule has 2 heterocycles. The SMILES string of the molecule is CCc1ccc2oc(-c3ccc(C)c(NCc4cnc(Cl)s4)c3)nc2c1. The van der Waals surface area contributed by atoms with E-state index in [9.17, 15) is 0 Å². The topological polar surface area (TPSA) is 51.0 Å². The molecular weight excluding hydrogens is 366 g/mol. The Morgan fingerprint density at radius 3 is 2.85 bits per heavy atom. The van der Waals surface area contributed by atoms with Crippen LogP contribution in [0.25, 0.3) is 22.6 Å². The molecule has 6 heteroatoms. The van der Waals surface area contributed by atoms with Crippen LogP contribution in [-0.2, 0) is 13.0 Å². The molecule has 0 atom stereocenters. The standard InChI is InChI=1S/C20H18ClN3OS/c1-3-13-5-7-18-17(8-13)24-19(25-18)14-6-4-12(2)16(9-14)22-10-15-11-23-20(21)26-15/h4-9,11,22H,3,10H2,1-2H3. The Kier molecular flexibility index (Phi) is 4.66. The fourth-order valence-electron chi connectivity index (χ4n) is 2.81. The number of fused-ring (bicyclic) bond motifs is 1. The predicted molar refractivity (Wildman–Crippen MR) is 108 cm³/mol. The Morgan fingerprint density at radius 1 is 1.19 bits per heavy atom. The lowest BCUT2D eigenvalue weighted by Gasteiger charge is -2.09. The number of hydrogen-bond acceptors (Lipinski definition) is 5. The van der Waals surface area contributed by atoms with Crippen molar-refractivity contribution in [2.24, 2.45) is 0 Å². The van der Waals surface area contributed by atoms with Crippen molar-refractivity contribution in [1.82, 2.24) is 9.97 Å². The van der Waals surface area contributed by atoms with Gasteiger partial charge in [-0.3, -0.25) is 0 Å². The van der Waals surface area contributed by atoms with Gasteiger partial charge in [-0.15, -0.1) is 11.3 Å². The average Bonchev–Trinajstić information content (AvgIpc) is 3.26. The minimum absolute atomic E-state index is 0.560. The average molecular weight is 384 g/mol. The first kappa shape index (κ1) is 17.1. The van der Waals surface area contributed by atoms with Gasteiger partial charge in [-0.25, -0.2) is 9.97 Å². The summed E-state index contributed by atoms with van der Waals surface area (Å²) in [6, 6.07) is 12.3. The number of nitrogens with zero attached hydrogens (tertiary/aromatic N) is 2. The lowest BCUT2D eigenvalue weighted by molar-refractivity contribution is 0.620. The molecule has 132 valence electrons. The first-order valence-electron chi connectivity index (χ1n) is 8.47. The Labute approximate surface area is 160 Å². The molecule has 2 aromatic carbocycles. The van der Waals surface area contributed by atoms with E-state index < -0.39 is 0 Å². The van der Waals surface area contributed by atoms with Gasteiger partial charge in [0.2, 0.25) is 5.89 Å². The van der Waals surface area contributed by atoms with E-state index in [-0.39, 0.29) is 0 Å². The molecule has 0 amide bonds. The van der Waals surface area contributed by atoms with Crippen LogP contribution in [0.2, 0.25) is 4.47 Å². The molecular formula is C20H18ClN3OS. The van der Waals surface area contributed by atoms with Crippen LogP contribution in [0.1, 0.15) is 22.9 Å². The number of aromatic nitrogens is 2. The van der Waals surface area contributed by atoms with Crippen molar-refractivity contribution < 1.29 is 4.42 Å². The van der Waals surface area contributed by atoms with Crippen LogP contribution in [0.5, 0.6) is 0 Å². The van der Waals surface area contributed by atoms with Crippen LogP contribution in [0.15, 0.2) is 47.0 Å². The highest BCUT2D eigenvalue weighted by Gasteiger charge is 2.11. The molecule has 0 aliphatic heterocycles. The van der Waals surface area contributed by atoms with Crippen LogP contribution >= 0.6 is 22.9 Å². The zero-order valence-corrected chi connectivity index (χ0v) is 16.1. The smallest absolute Gasteiger partial charge is 0.227 e. The maximum Gasteiger partial charge on any atom is 0.227 e. The number of aryl methyl sites for hydroxylation is 2. The van der Waals surface area contributed by atoms with Gasteiger partial charge in [-0.05, 0) is 48.7 Å². The highest BCUT2D eigenvalue weighted by Crippen LogP contribution is 2.29. The first-order valence-corrected chi connectivity index (χ1v) is 9.66. The third-order valence-corrected chi connectivity index (χ3v) is 5.44. The molecule has 4 rings (SSSR count). The fourth-order valence-corrected chi connectivity index (χ4v) is 3.73. The van der Waals surface area contributed by atoms with Gasteiger partial charge >= 0.3 is 0 Å². The molecule has 0 spiro atoms. The number of benzene rings is 2. The van der Waals surface area contributed by atoms with Crippen LogP contribution in [0.4, 0.5) is 5.69 Å². The Hall–Kier alpha value is -2.37. The summed E-state index contributed by atoms with van der Waals surface area (Å²) in [5, 5.41) is 3.45. The quantitative estimate of drug-likeness (QED) is 0.453. The maximum absolute atomic E-state index is 5.95. The Bertz CT molecular complexity index is 1070. The molecule has 4 aromatic rings. The van der Waals surface area contributed by atoms with E-state index in [1.807, 2.05) is 12.1 Å². The van der Waals surface area contributed by atoms with E-state index in [2.05, 4.69) is 53.4 Å². The predicted octanol–water partition coefficient (Wildman–Crippen LogP) is 6.09. The molecule has 26 heavy (non-hydrogen) atoms. The van der Waals surface area contributed by atoms with Gasteiger partial charge in [0.25, 0.3) is 0 Å². The molecule has 0 aliphatic carbocycles. The molecule has 0 saturated heterocycles. The molecule has 2 aromatic heterocycles. The van der Waals surface area contributed by atoms with Gasteiger partial charge < -0.3 is 9.73 Å². The summed E-state index contributed by atoms with van der Waals surface area (Å²) in [6.07, 6.45) is 2.78. The monoisotopic (exact) mass is 383 g/mol. The van der Waals surface area contributed by atoms with Crippen molar-refractivity contribution >= 4 is 39.7 Å². The second-order valence-corrected chi connectivity index (χ2v) is 7.83. The van der Waals surface area contributed by atoms with E-state index in [1.54, 1.807) is 6.20 Å². The van der Waals surface area contributed by atoms with Gasteiger partial charge in [-0.2, -0.15) is 0 Å².